The molecular weight excluding hydrogens is 412 g/mol. The highest BCUT2D eigenvalue weighted by Crippen LogP contribution is 2.36. The van der Waals surface area contributed by atoms with Crippen LogP contribution in [0.4, 0.5) is 0 Å². The smallest absolute Gasteiger partial charge is 0.255 e. The molecule has 0 aromatic heterocycles. The van der Waals surface area contributed by atoms with Gasteiger partial charge in [-0.15, -0.1) is 0 Å². The van der Waals surface area contributed by atoms with Gasteiger partial charge in [-0.1, -0.05) is 48.0 Å². The van der Waals surface area contributed by atoms with Gasteiger partial charge in [-0.05, 0) is 48.9 Å². The predicted molar refractivity (Wildman–Crippen MR) is 118 cm³/mol. The molecule has 7 heteroatoms. The Labute approximate surface area is 182 Å². The lowest BCUT2D eigenvalue weighted by Crippen LogP contribution is -2.38. The van der Waals surface area contributed by atoms with Crippen LogP contribution in [0.25, 0.3) is 0 Å². The largest absolute Gasteiger partial charge is 0.497 e. The lowest BCUT2D eigenvalue weighted by Gasteiger charge is -2.30. The van der Waals surface area contributed by atoms with E-state index in [0.717, 1.165) is 5.56 Å². The molecule has 1 saturated heterocycles. The van der Waals surface area contributed by atoms with E-state index in [9.17, 15) is 13.2 Å². The summed E-state index contributed by atoms with van der Waals surface area (Å²) in [7, 11) is -2.23. The fourth-order valence-corrected chi connectivity index (χ4v) is 5.37. The molecule has 3 aromatic carbocycles. The van der Waals surface area contributed by atoms with E-state index < -0.39 is 16.2 Å². The Balaban J connectivity index is 1.76. The highest BCUT2D eigenvalue weighted by molar-refractivity contribution is 7.89. The molecule has 0 saturated carbocycles. The van der Waals surface area contributed by atoms with Crippen LogP contribution in [-0.2, 0) is 10.0 Å². The number of nitrogens with zero attached hydrogens (tertiary/aromatic N) is 2. The maximum Gasteiger partial charge on any atom is 0.255 e. The number of carbonyl (C=O) groups is 1. The molecule has 1 amide bonds. The lowest BCUT2D eigenvalue weighted by molar-refractivity contribution is 0.0693. The SMILES string of the molecule is COc1ccc([C@H]2N(C(=O)c3ccc(C)cc3)CCN2S(=O)(=O)c2ccccc2)cc1. The van der Waals surface area contributed by atoms with E-state index in [1.807, 2.05) is 19.1 Å². The molecule has 0 unspecified atom stereocenters. The summed E-state index contributed by atoms with van der Waals surface area (Å²) in [5.41, 5.74) is 2.29. The molecule has 1 aliphatic rings. The number of hydrogen-bond donors (Lipinski definition) is 0. The second-order valence-corrected chi connectivity index (χ2v) is 9.33. The van der Waals surface area contributed by atoms with E-state index in [2.05, 4.69) is 0 Å². The first-order valence-corrected chi connectivity index (χ1v) is 11.4. The third kappa shape index (κ3) is 4.06. The fraction of sp³-hybridized carbons (Fsp3) is 0.208. The Morgan fingerprint density at radius 2 is 1.55 bits per heavy atom. The topological polar surface area (TPSA) is 66.9 Å². The van der Waals surface area contributed by atoms with Crippen LogP contribution < -0.4 is 4.74 Å². The highest BCUT2D eigenvalue weighted by Gasteiger charge is 2.43. The average Bonchev–Trinajstić information content (AvgIpc) is 3.26. The first-order valence-electron chi connectivity index (χ1n) is 10.0. The second kappa shape index (κ2) is 8.53. The minimum absolute atomic E-state index is 0.202. The number of rotatable bonds is 5. The lowest BCUT2D eigenvalue weighted by atomic mass is 10.1. The molecular formula is C24H24N2O4S. The number of benzene rings is 3. The van der Waals surface area contributed by atoms with Gasteiger partial charge in [-0.3, -0.25) is 4.79 Å². The van der Waals surface area contributed by atoms with Crippen molar-refractivity contribution in [3.05, 3.63) is 95.6 Å². The van der Waals surface area contributed by atoms with E-state index in [1.165, 1.54) is 4.31 Å². The number of hydrogen-bond acceptors (Lipinski definition) is 4. The van der Waals surface area contributed by atoms with Gasteiger partial charge < -0.3 is 9.64 Å². The Bertz CT molecular complexity index is 1160. The van der Waals surface area contributed by atoms with Gasteiger partial charge in [0.15, 0.2) is 0 Å². The zero-order chi connectivity index (χ0) is 22.0. The fourth-order valence-electron chi connectivity index (χ4n) is 3.78. The third-order valence-electron chi connectivity index (χ3n) is 5.45. The van der Waals surface area contributed by atoms with Gasteiger partial charge in [0.05, 0.1) is 12.0 Å². The summed E-state index contributed by atoms with van der Waals surface area (Å²) in [6.07, 6.45) is -0.745. The number of ether oxygens (including phenoxy) is 1. The van der Waals surface area contributed by atoms with Gasteiger partial charge in [0.2, 0.25) is 10.0 Å². The normalized spacial score (nSPS) is 17.0. The molecule has 4 rings (SSSR count). The number of amides is 1. The molecule has 0 N–H and O–H groups in total. The molecule has 1 fully saturated rings. The van der Waals surface area contributed by atoms with Crippen molar-refractivity contribution in [3.8, 4) is 5.75 Å². The second-order valence-electron chi connectivity index (χ2n) is 7.44. The van der Waals surface area contributed by atoms with Gasteiger partial charge in [-0.2, -0.15) is 4.31 Å². The molecule has 1 heterocycles. The van der Waals surface area contributed by atoms with Crippen LogP contribution in [0, 0.1) is 6.92 Å². The molecule has 31 heavy (non-hydrogen) atoms. The maximum atomic E-state index is 13.5. The zero-order valence-corrected chi connectivity index (χ0v) is 18.2. The van der Waals surface area contributed by atoms with Crippen LogP contribution in [0.5, 0.6) is 5.75 Å². The van der Waals surface area contributed by atoms with Crippen molar-refractivity contribution >= 4 is 15.9 Å². The van der Waals surface area contributed by atoms with Crippen LogP contribution in [-0.4, -0.2) is 43.7 Å². The number of sulfonamides is 1. The van der Waals surface area contributed by atoms with Crippen LogP contribution in [0.1, 0.15) is 27.7 Å². The minimum Gasteiger partial charge on any atom is -0.497 e. The summed E-state index contributed by atoms with van der Waals surface area (Å²) in [4.78, 5) is 15.2. The molecule has 0 aliphatic carbocycles. The maximum absolute atomic E-state index is 13.5. The molecule has 3 aromatic rings. The van der Waals surface area contributed by atoms with Gasteiger partial charge in [-0.25, -0.2) is 8.42 Å². The van der Waals surface area contributed by atoms with Crippen molar-refractivity contribution in [2.45, 2.75) is 18.0 Å². The first-order chi connectivity index (χ1) is 14.9. The van der Waals surface area contributed by atoms with Gasteiger partial charge >= 0.3 is 0 Å². The number of carbonyl (C=O) groups excluding carboxylic acids is 1. The molecule has 0 radical (unpaired) electrons. The quantitative estimate of drug-likeness (QED) is 0.609. The molecule has 6 nitrogen and oxygen atoms in total. The number of aryl methyl sites for hydroxylation is 1. The van der Waals surface area contributed by atoms with Crippen molar-refractivity contribution in [1.29, 1.82) is 0 Å². The van der Waals surface area contributed by atoms with Crippen molar-refractivity contribution in [1.82, 2.24) is 9.21 Å². The minimum atomic E-state index is -3.80. The van der Waals surface area contributed by atoms with Crippen molar-refractivity contribution < 1.29 is 17.9 Å². The van der Waals surface area contributed by atoms with Crippen molar-refractivity contribution in [2.75, 3.05) is 20.2 Å². The highest BCUT2D eigenvalue weighted by atomic mass is 32.2. The first kappa shape index (κ1) is 21.1. The summed E-state index contributed by atoms with van der Waals surface area (Å²) in [6.45, 7) is 2.47. The summed E-state index contributed by atoms with van der Waals surface area (Å²) in [6, 6.07) is 22.8. The number of methoxy groups -OCH3 is 1. The van der Waals surface area contributed by atoms with Crippen LogP contribution >= 0.6 is 0 Å². The average molecular weight is 437 g/mol. The molecule has 1 aliphatic heterocycles. The molecule has 0 spiro atoms. The van der Waals surface area contributed by atoms with E-state index >= 15 is 0 Å². The summed E-state index contributed by atoms with van der Waals surface area (Å²) < 4.78 is 33.5. The van der Waals surface area contributed by atoms with Crippen LogP contribution in [0.15, 0.2) is 83.8 Å². The van der Waals surface area contributed by atoms with E-state index in [4.69, 9.17) is 4.74 Å². The standard InChI is InChI=1S/C24H24N2O4S/c1-18-8-10-20(11-9-18)24(27)25-16-17-26(31(28,29)22-6-4-3-5-7-22)23(25)19-12-14-21(30-2)15-13-19/h3-15,23H,16-17H2,1-2H3/t23-/m0/s1. The van der Waals surface area contributed by atoms with E-state index in [1.54, 1.807) is 78.7 Å². The van der Waals surface area contributed by atoms with Gasteiger partial charge in [0.1, 0.15) is 11.9 Å². The molecule has 1 atom stereocenters. The third-order valence-corrected chi connectivity index (χ3v) is 7.32. The van der Waals surface area contributed by atoms with Crippen molar-refractivity contribution in [3.63, 3.8) is 0 Å². The Morgan fingerprint density at radius 3 is 2.16 bits per heavy atom. The Morgan fingerprint density at radius 1 is 0.903 bits per heavy atom. The summed E-state index contributed by atoms with van der Waals surface area (Å²) in [5, 5.41) is 0. The van der Waals surface area contributed by atoms with Crippen molar-refractivity contribution in [2.24, 2.45) is 0 Å². The van der Waals surface area contributed by atoms with Gasteiger partial charge in [0, 0.05) is 18.7 Å². The van der Waals surface area contributed by atoms with E-state index in [0.29, 0.717) is 23.4 Å². The molecule has 0 bridgehead atoms. The monoisotopic (exact) mass is 436 g/mol. The summed E-state index contributed by atoms with van der Waals surface area (Å²) >= 11 is 0. The Hall–Kier alpha value is -3.16. The zero-order valence-electron chi connectivity index (χ0n) is 17.4. The summed E-state index contributed by atoms with van der Waals surface area (Å²) in [5.74, 6) is 0.460. The Kier molecular flexibility index (Phi) is 5.80. The predicted octanol–water partition coefficient (Wildman–Crippen LogP) is 3.85. The molecule has 160 valence electrons. The van der Waals surface area contributed by atoms with Gasteiger partial charge in [0.25, 0.3) is 5.91 Å². The van der Waals surface area contributed by atoms with Crippen LogP contribution in [0.3, 0.4) is 0 Å². The van der Waals surface area contributed by atoms with Crippen LogP contribution in [0.2, 0.25) is 0 Å². The van der Waals surface area contributed by atoms with E-state index in [-0.39, 0.29) is 17.3 Å².